The van der Waals surface area contributed by atoms with Crippen molar-refractivity contribution in [3.8, 4) is 0 Å². The molecule has 4 saturated carbocycles. The zero-order valence-electron chi connectivity index (χ0n) is 12.1. The average Bonchev–Trinajstić information content (AvgIpc) is 2.85. The van der Waals surface area contributed by atoms with Gasteiger partial charge in [0.05, 0.1) is 6.54 Å². The van der Waals surface area contributed by atoms with Crippen molar-refractivity contribution in [2.24, 2.45) is 28.9 Å². The van der Waals surface area contributed by atoms with Crippen LogP contribution in [0.3, 0.4) is 0 Å². The summed E-state index contributed by atoms with van der Waals surface area (Å²) in [6.45, 7) is 2.60. The summed E-state index contributed by atoms with van der Waals surface area (Å²) < 4.78 is 5.51. The van der Waals surface area contributed by atoms with Crippen molar-refractivity contribution < 1.29 is 4.42 Å². The van der Waals surface area contributed by atoms with Gasteiger partial charge in [-0.15, -0.1) is 5.10 Å². The van der Waals surface area contributed by atoms with E-state index in [-0.39, 0.29) is 0 Å². The van der Waals surface area contributed by atoms with E-state index in [1.54, 1.807) is 0 Å². The molecule has 5 nitrogen and oxygen atoms in total. The van der Waals surface area contributed by atoms with E-state index in [1.165, 1.54) is 38.5 Å². The summed E-state index contributed by atoms with van der Waals surface area (Å²) in [4.78, 5) is 0. The second-order valence-electron chi connectivity index (χ2n) is 7.35. The number of rotatable bonds is 4. The molecule has 1 atom stereocenters. The standard InChI is InChI=1S/C15H24N4O/c1-9(17-14-19-18-13(8-16)20-14)15-5-10-2-11(6-15)4-12(3-10)7-15/h9-12H,2-8,16H2,1H3,(H,17,19). The first kappa shape index (κ1) is 12.6. The Labute approximate surface area is 119 Å². The quantitative estimate of drug-likeness (QED) is 0.883. The van der Waals surface area contributed by atoms with Gasteiger partial charge in [0.1, 0.15) is 0 Å². The van der Waals surface area contributed by atoms with Crippen LogP contribution in [0.5, 0.6) is 0 Å². The van der Waals surface area contributed by atoms with E-state index >= 15 is 0 Å². The molecule has 0 spiro atoms. The minimum Gasteiger partial charge on any atom is -0.407 e. The van der Waals surface area contributed by atoms with E-state index in [9.17, 15) is 0 Å². The Morgan fingerprint density at radius 2 is 1.80 bits per heavy atom. The molecule has 20 heavy (non-hydrogen) atoms. The number of nitrogens with one attached hydrogen (secondary N) is 1. The number of nitrogens with two attached hydrogens (primary N) is 1. The fourth-order valence-electron chi connectivity index (χ4n) is 5.44. The molecule has 0 amide bonds. The SMILES string of the molecule is CC(Nc1nnc(CN)o1)C12CC3CC(CC(C3)C1)C2. The van der Waals surface area contributed by atoms with Crippen LogP contribution in [0, 0.1) is 23.2 Å². The first-order valence-electron chi connectivity index (χ1n) is 7.96. The van der Waals surface area contributed by atoms with E-state index in [0.29, 0.717) is 29.9 Å². The molecule has 4 bridgehead atoms. The highest BCUT2D eigenvalue weighted by Crippen LogP contribution is 2.61. The maximum Gasteiger partial charge on any atom is 0.315 e. The van der Waals surface area contributed by atoms with Crippen molar-refractivity contribution in [2.45, 2.75) is 58.0 Å². The summed E-state index contributed by atoms with van der Waals surface area (Å²) in [5.41, 5.74) is 5.97. The van der Waals surface area contributed by atoms with Crippen LogP contribution in [0.2, 0.25) is 0 Å². The van der Waals surface area contributed by atoms with Gasteiger partial charge in [0.15, 0.2) is 0 Å². The number of nitrogens with zero attached hydrogens (tertiary/aromatic N) is 2. The Kier molecular flexibility index (Phi) is 2.81. The summed E-state index contributed by atoms with van der Waals surface area (Å²) in [6, 6.07) is 0.940. The highest BCUT2D eigenvalue weighted by atomic mass is 16.4. The molecule has 5 rings (SSSR count). The first-order chi connectivity index (χ1) is 9.67. The van der Waals surface area contributed by atoms with E-state index in [2.05, 4.69) is 22.4 Å². The molecule has 0 radical (unpaired) electrons. The lowest BCUT2D eigenvalue weighted by molar-refractivity contribution is -0.0605. The van der Waals surface area contributed by atoms with Crippen LogP contribution in [0.1, 0.15) is 51.3 Å². The Bertz CT molecular complexity index is 463. The summed E-state index contributed by atoms with van der Waals surface area (Å²) in [5.74, 6) is 3.40. The fraction of sp³-hybridized carbons (Fsp3) is 0.867. The molecule has 110 valence electrons. The van der Waals surface area contributed by atoms with Gasteiger partial charge < -0.3 is 15.5 Å². The Balaban J connectivity index is 1.51. The molecule has 1 unspecified atom stereocenters. The van der Waals surface area contributed by atoms with Gasteiger partial charge in [-0.3, -0.25) is 0 Å². The summed E-state index contributed by atoms with van der Waals surface area (Å²) in [6.07, 6.45) is 8.57. The van der Waals surface area contributed by atoms with Crippen LogP contribution < -0.4 is 11.1 Å². The van der Waals surface area contributed by atoms with Gasteiger partial charge in [0.25, 0.3) is 0 Å². The molecule has 3 N–H and O–H groups in total. The predicted molar refractivity (Wildman–Crippen MR) is 75.9 cm³/mol. The highest BCUT2D eigenvalue weighted by Gasteiger charge is 2.53. The second-order valence-corrected chi connectivity index (χ2v) is 7.35. The van der Waals surface area contributed by atoms with Crippen molar-refractivity contribution >= 4 is 6.01 Å². The molecular formula is C15H24N4O. The van der Waals surface area contributed by atoms with E-state index in [0.717, 1.165) is 17.8 Å². The predicted octanol–water partition coefficient (Wildman–Crippen LogP) is 2.55. The van der Waals surface area contributed by atoms with Crippen LogP contribution in [-0.4, -0.2) is 16.2 Å². The normalized spacial score (nSPS) is 40.0. The van der Waals surface area contributed by atoms with Crippen LogP contribution >= 0.6 is 0 Å². The third kappa shape index (κ3) is 1.94. The lowest BCUT2D eigenvalue weighted by Gasteiger charge is -2.59. The fourth-order valence-corrected chi connectivity index (χ4v) is 5.44. The molecule has 5 heteroatoms. The van der Waals surface area contributed by atoms with Gasteiger partial charge in [-0.25, -0.2) is 0 Å². The highest BCUT2D eigenvalue weighted by molar-refractivity contribution is 5.22. The molecule has 1 aromatic rings. The smallest absolute Gasteiger partial charge is 0.315 e. The molecule has 0 saturated heterocycles. The zero-order valence-corrected chi connectivity index (χ0v) is 12.1. The molecule has 4 fully saturated rings. The van der Waals surface area contributed by atoms with E-state index in [1.807, 2.05) is 0 Å². The number of anilines is 1. The van der Waals surface area contributed by atoms with Crippen molar-refractivity contribution in [1.29, 1.82) is 0 Å². The lowest BCUT2D eigenvalue weighted by atomic mass is 9.48. The van der Waals surface area contributed by atoms with Gasteiger partial charge >= 0.3 is 6.01 Å². The van der Waals surface area contributed by atoms with Crippen molar-refractivity contribution in [1.82, 2.24) is 10.2 Å². The molecule has 4 aliphatic rings. The second kappa shape index (κ2) is 4.45. The topological polar surface area (TPSA) is 77.0 Å². The minimum atomic E-state index is 0.306. The van der Waals surface area contributed by atoms with Gasteiger partial charge in [-0.05, 0) is 68.6 Å². The molecule has 1 aromatic heterocycles. The van der Waals surface area contributed by atoms with Crippen LogP contribution in [-0.2, 0) is 6.54 Å². The third-order valence-corrected chi connectivity index (χ3v) is 5.99. The summed E-state index contributed by atoms with van der Waals surface area (Å²) >= 11 is 0. The van der Waals surface area contributed by atoms with Crippen molar-refractivity contribution in [3.63, 3.8) is 0 Å². The zero-order chi connectivity index (χ0) is 13.7. The maximum atomic E-state index is 5.52. The Hall–Kier alpha value is -1.10. The number of hydrogen-bond donors (Lipinski definition) is 2. The van der Waals surface area contributed by atoms with E-state index in [4.69, 9.17) is 10.2 Å². The van der Waals surface area contributed by atoms with Crippen LogP contribution in [0.25, 0.3) is 0 Å². The van der Waals surface area contributed by atoms with E-state index < -0.39 is 0 Å². The van der Waals surface area contributed by atoms with Gasteiger partial charge in [0, 0.05) is 6.04 Å². The monoisotopic (exact) mass is 276 g/mol. The van der Waals surface area contributed by atoms with Crippen molar-refractivity contribution in [3.05, 3.63) is 5.89 Å². The Morgan fingerprint density at radius 3 is 2.30 bits per heavy atom. The average molecular weight is 276 g/mol. The minimum absolute atomic E-state index is 0.306. The van der Waals surface area contributed by atoms with Crippen molar-refractivity contribution in [2.75, 3.05) is 5.32 Å². The first-order valence-corrected chi connectivity index (χ1v) is 7.96. The largest absolute Gasteiger partial charge is 0.407 e. The van der Waals surface area contributed by atoms with Gasteiger partial charge in [0.2, 0.25) is 5.89 Å². The molecule has 0 aliphatic heterocycles. The van der Waals surface area contributed by atoms with Crippen LogP contribution in [0.15, 0.2) is 4.42 Å². The summed E-state index contributed by atoms with van der Waals surface area (Å²) in [5, 5.41) is 11.4. The number of aromatic nitrogens is 2. The molecule has 0 aromatic carbocycles. The van der Waals surface area contributed by atoms with Gasteiger partial charge in [-0.2, -0.15) is 0 Å². The maximum absolute atomic E-state index is 5.52. The lowest BCUT2D eigenvalue weighted by Crippen LogP contribution is -2.52. The van der Waals surface area contributed by atoms with Crippen LogP contribution in [0.4, 0.5) is 6.01 Å². The number of hydrogen-bond acceptors (Lipinski definition) is 5. The third-order valence-electron chi connectivity index (χ3n) is 5.99. The molecular weight excluding hydrogens is 252 g/mol. The molecule has 1 heterocycles. The summed E-state index contributed by atoms with van der Waals surface area (Å²) in [7, 11) is 0. The van der Waals surface area contributed by atoms with Gasteiger partial charge in [-0.1, -0.05) is 5.10 Å². The molecule has 4 aliphatic carbocycles. The Morgan fingerprint density at radius 1 is 1.20 bits per heavy atom.